The first-order valence-corrected chi connectivity index (χ1v) is 5.15. The quantitative estimate of drug-likeness (QED) is 0.715. The van der Waals surface area contributed by atoms with Crippen LogP contribution in [0.15, 0.2) is 0 Å². The molecule has 1 heterocycles. The highest BCUT2D eigenvalue weighted by molar-refractivity contribution is 4.85. The number of nitrogens with one attached hydrogen (secondary N) is 1. The van der Waals surface area contributed by atoms with Crippen molar-refractivity contribution < 1.29 is 4.39 Å². The molecule has 1 fully saturated rings. The number of likely N-dealkylation sites (N-methyl/N-ethyl adjacent to an activating group) is 1. The fourth-order valence-corrected chi connectivity index (χ4v) is 1.95. The lowest BCUT2D eigenvalue weighted by Gasteiger charge is -2.23. The summed E-state index contributed by atoms with van der Waals surface area (Å²) in [4.78, 5) is 2.21. The van der Waals surface area contributed by atoms with Gasteiger partial charge < -0.3 is 10.2 Å². The number of hydrogen-bond acceptors (Lipinski definition) is 2. The minimum absolute atomic E-state index is 0.0590. The summed E-state index contributed by atoms with van der Waals surface area (Å²) in [6.45, 7) is 7.09. The molecule has 13 heavy (non-hydrogen) atoms. The van der Waals surface area contributed by atoms with Crippen molar-refractivity contribution >= 4 is 0 Å². The van der Waals surface area contributed by atoms with Gasteiger partial charge in [0.15, 0.2) is 0 Å². The van der Waals surface area contributed by atoms with Crippen LogP contribution in [0.2, 0.25) is 0 Å². The Morgan fingerprint density at radius 2 is 2.23 bits per heavy atom. The van der Waals surface area contributed by atoms with Crippen molar-refractivity contribution in [1.82, 2.24) is 10.2 Å². The third kappa shape index (κ3) is 3.61. The predicted octanol–water partition coefficient (Wildman–Crippen LogP) is 1.27. The SMILES string of the molecule is CC(C)CN(C)CC1NCCC1F. The smallest absolute Gasteiger partial charge is 0.118 e. The highest BCUT2D eigenvalue weighted by Gasteiger charge is 2.27. The Hall–Kier alpha value is -0.150. The molecule has 2 atom stereocenters. The van der Waals surface area contributed by atoms with Crippen LogP contribution in [0.3, 0.4) is 0 Å². The van der Waals surface area contributed by atoms with E-state index in [1.165, 1.54) is 0 Å². The van der Waals surface area contributed by atoms with Gasteiger partial charge in [-0.1, -0.05) is 13.8 Å². The van der Waals surface area contributed by atoms with Gasteiger partial charge in [-0.25, -0.2) is 4.39 Å². The first kappa shape index (κ1) is 10.9. The molecule has 0 saturated carbocycles. The molecule has 1 N–H and O–H groups in total. The summed E-state index contributed by atoms with van der Waals surface area (Å²) in [5.41, 5.74) is 0. The van der Waals surface area contributed by atoms with Crippen LogP contribution >= 0.6 is 0 Å². The highest BCUT2D eigenvalue weighted by atomic mass is 19.1. The number of alkyl halides is 1. The lowest BCUT2D eigenvalue weighted by atomic mass is 10.1. The van der Waals surface area contributed by atoms with E-state index in [1.54, 1.807) is 0 Å². The summed E-state index contributed by atoms with van der Waals surface area (Å²) in [5.74, 6) is 0.657. The van der Waals surface area contributed by atoms with Gasteiger partial charge in [-0.05, 0) is 25.9 Å². The average molecular weight is 188 g/mol. The highest BCUT2D eigenvalue weighted by Crippen LogP contribution is 2.12. The lowest BCUT2D eigenvalue weighted by molar-refractivity contribution is 0.217. The largest absolute Gasteiger partial charge is 0.310 e. The second kappa shape index (κ2) is 4.91. The maximum absolute atomic E-state index is 13.2. The molecule has 0 aromatic rings. The number of nitrogens with zero attached hydrogens (tertiary/aromatic N) is 1. The van der Waals surface area contributed by atoms with Gasteiger partial charge in [0.2, 0.25) is 0 Å². The molecule has 2 unspecified atom stereocenters. The van der Waals surface area contributed by atoms with Crippen LogP contribution in [0.5, 0.6) is 0 Å². The molecule has 0 spiro atoms. The van der Waals surface area contributed by atoms with Gasteiger partial charge >= 0.3 is 0 Å². The van der Waals surface area contributed by atoms with Crippen molar-refractivity contribution in [2.75, 3.05) is 26.7 Å². The summed E-state index contributed by atoms with van der Waals surface area (Å²) >= 11 is 0. The second-order valence-electron chi connectivity index (χ2n) is 4.48. The number of hydrogen-bond donors (Lipinski definition) is 1. The Morgan fingerprint density at radius 1 is 1.54 bits per heavy atom. The zero-order chi connectivity index (χ0) is 9.84. The van der Waals surface area contributed by atoms with Crippen molar-refractivity contribution in [2.24, 2.45) is 5.92 Å². The average Bonchev–Trinajstić information content (AvgIpc) is 2.34. The molecule has 1 aliphatic heterocycles. The van der Waals surface area contributed by atoms with Crippen LogP contribution < -0.4 is 5.32 Å². The Bertz CT molecular complexity index is 150. The van der Waals surface area contributed by atoms with Crippen LogP contribution in [0.1, 0.15) is 20.3 Å². The second-order valence-corrected chi connectivity index (χ2v) is 4.48. The van der Waals surface area contributed by atoms with Crippen molar-refractivity contribution in [3.8, 4) is 0 Å². The Balaban J connectivity index is 2.22. The van der Waals surface area contributed by atoms with E-state index in [1.807, 2.05) is 0 Å². The third-order valence-electron chi connectivity index (χ3n) is 2.45. The van der Waals surface area contributed by atoms with Crippen LogP contribution in [-0.2, 0) is 0 Å². The zero-order valence-corrected chi connectivity index (χ0v) is 8.89. The van der Waals surface area contributed by atoms with Crippen LogP contribution in [0.25, 0.3) is 0 Å². The summed E-state index contributed by atoms with van der Waals surface area (Å²) in [6, 6.07) is 0.0590. The molecule has 0 radical (unpaired) electrons. The van der Waals surface area contributed by atoms with E-state index in [0.29, 0.717) is 12.3 Å². The van der Waals surface area contributed by atoms with Crippen molar-refractivity contribution in [1.29, 1.82) is 0 Å². The molecule has 0 aliphatic carbocycles. The molecule has 1 saturated heterocycles. The first-order valence-electron chi connectivity index (χ1n) is 5.15. The first-order chi connectivity index (χ1) is 6.09. The fourth-order valence-electron chi connectivity index (χ4n) is 1.95. The van der Waals surface area contributed by atoms with E-state index in [0.717, 1.165) is 19.6 Å². The monoisotopic (exact) mass is 188 g/mol. The van der Waals surface area contributed by atoms with E-state index < -0.39 is 6.17 Å². The van der Waals surface area contributed by atoms with Gasteiger partial charge in [-0.2, -0.15) is 0 Å². The van der Waals surface area contributed by atoms with Gasteiger partial charge in [0.25, 0.3) is 0 Å². The van der Waals surface area contributed by atoms with Crippen LogP contribution in [0, 0.1) is 5.92 Å². The Labute approximate surface area is 80.5 Å². The molecule has 0 bridgehead atoms. The van der Waals surface area contributed by atoms with Crippen LogP contribution in [-0.4, -0.2) is 43.8 Å². The van der Waals surface area contributed by atoms with Gasteiger partial charge in [0.05, 0.1) is 6.04 Å². The summed E-state index contributed by atoms with van der Waals surface area (Å²) in [7, 11) is 2.06. The van der Waals surface area contributed by atoms with Gasteiger partial charge in [0.1, 0.15) is 6.17 Å². The van der Waals surface area contributed by atoms with Crippen molar-refractivity contribution in [2.45, 2.75) is 32.5 Å². The van der Waals surface area contributed by atoms with Crippen molar-refractivity contribution in [3.05, 3.63) is 0 Å². The number of halogens is 1. The van der Waals surface area contributed by atoms with E-state index in [4.69, 9.17) is 0 Å². The molecule has 1 rings (SSSR count). The predicted molar refractivity (Wildman–Crippen MR) is 53.6 cm³/mol. The third-order valence-corrected chi connectivity index (χ3v) is 2.45. The topological polar surface area (TPSA) is 15.3 Å². The van der Waals surface area contributed by atoms with E-state index in [2.05, 4.69) is 31.1 Å². The maximum Gasteiger partial charge on any atom is 0.118 e. The summed E-state index contributed by atoms with van der Waals surface area (Å²) in [5, 5.41) is 3.19. The molecule has 2 nitrogen and oxygen atoms in total. The molecule has 3 heteroatoms. The van der Waals surface area contributed by atoms with Gasteiger partial charge in [0, 0.05) is 13.1 Å². The van der Waals surface area contributed by atoms with Crippen molar-refractivity contribution in [3.63, 3.8) is 0 Å². The molecule has 78 valence electrons. The van der Waals surface area contributed by atoms with E-state index in [-0.39, 0.29) is 6.04 Å². The summed E-state index contributed by atoms with van der Waals surface area (Å²) < 4.78 is 13.2. The molecule has 0 aromatic carbocycles. The fraction of sp³-hybridized carbons (Fsp3) is 1.00. The minimum Gasteiger partial charge on any atom is -0.310 e. The molecule has 1 aliphatic rings. The van der Waals surface area contributed by atoms with E-state index in [9.17, 15) is 4.39 Å². The molecule has 0 amide bonds. The number of rotatable bonds is 4. The van der Waals surface area contributed by atoms with E-state index >= 15 is 0 Å². The Morgan fingerprint density at radius 3 is 2.69 bits per heavy atom. The Kier molecular flexibility index (Phi) is 4.13. The van der Waals surface area contributed by atoms with Gasteiger partial charge in [-0.15, -0.1) is 0 Å². The minimum atomic E-state index is -0.644. The van der Waals surface area contributed by atoms with Gasteiger partial charge in [-0.3, -0.25) is 0 Å². The molecular formula is C10H21FN2. The lowest BCUT2D eigenvalue weighted by Crippen LogP contribution is -2.40. The molecular weight excluding hydrogens is 167 g/mol. The van der Waals surface area contributed by atoms with Crippen LogP contribution in [0.4, 0.5) is 4.39 Å². The maximum atomic E-state index is 13.2. The molecule has 0 aromatic heterocycles. The standard InChI is InChI=1S/C10H21FN2/c1-8(2)6-13(3)7-10-9(11)4-5-12-10/h8-10,12H,4-7H2,1-3H3. The summed E-state index contributed by atoms with van der Waals surface area (Å²) in [6.07, 6.45) is 0.0369. The zero-order valence-electron chi connectivity index (χ0n) is 8.89. The normalized spacial score (nSPS) is 29.1.